The third-order valence-corrected chi connectivity index (χ3v) is 9.62. The fraction of sp³-hybridized carbons (Fsp3) is 0.400. The number of halogens is 1. The van der Waals surface area contributed by atoms with Crippen molar-refractivity contribution < 1.29 is 16.8 Å². The molecule has 4 rings (SSSR count). The Hall–Kier alpha value is -1.61. The van der Waals surface area contributed by atoms with E-state index in [4.69, 9.17) is 11.6 Å². The van der Waals surface area contributed by atoms with Gasteiger partial charge < -0.3 is 0 Å². The smallest absolute Gasteiger partial charge is 0.263 e. The van der Waals surface area contributed by atoms with Crippen molar-refractivity contribution in [1.29, 1.82) is 0 Å². The largest absolute Gasteiger partial charge is 0.264 e. The van der Waals surface area contributed by atoms with Gasteiger partial charge in [0, 0.05) is 24.2 Å². The summed E-state index contributed by atoms with van der Waals surface area (Å²) in [4.78, 5) is 0.391. The van der Waals surface area contributed by atoms with Gasteiger partial charge in [-0.05, 0) is 74.2 Å². The molecule has 0 saturated carbocycles. The summed E-state index contributed by atoms with van der Waals surface area (Å²) in [5, 5.41) is 0.464. The van der Waals surface area contributed by atoms with E-state index in [2.05, 4.69) is 0 Å². The summed E-state index contributed by atoms with van der Waals surface area (Å²) >= 11 is 5.89. The molecule has 0 aliphatic carbocycles. The van der Waals surface area contributed by atoms with Crippen LogP contribution in [-0.2, 0) is 26.5 Å². The number of nitrogens with zero attached hydrogens (tertiary/aromatic N) is 2. The van der Waals surface area contributed by atoms with Crippen LogP contribution in [-0.4, -0.2) is 40.3 Å². The van der Waals surface area contributed by atoms with Crippen molar-refractivity contribution in [2.45, 2.75) is 48.4 Å². The lowest BCUT2D eigenvalue weighted by atomic mass is 10.1. The molecule has 0 radical (unpaired) electrons. The van der Waals surface area contributed by atoms with Crippen LogP contribution in [0.4, 0.5) is 5.69 Å². The van der Waals surface area contributed by atoms with Crippen molar-refractivity contribution in [2.75, 3.05) is 17.4 Å². The maximum atomic E-state index is 13.2. The molecule has 0 unspecified atom stereocenters. The van der Waals surface area contributed by atoms with Crippen LogP contribution in [0.25, 0.3) is 0 Å². The molecule has 0 N–H and O–H groups in total. The highest BCUT2D eigenvalue weighted by molar-refractivity contribution is 7.93. The second-order valence-corrected chi connectivity index (χ2v) is 11.8. The fourth-order valence-electron chi connectivity index (χ4n) is 4.08. The van der Waals surface area contributed by atoms with Crippen molar-refractivity contribution in [2.24, 2.45) is 0 Å². The van der Waals surface area contributed by atoms with Gasteiger partial charge in [-0.25, -0.2) is 16.8 Å². The minimum absolute atomic E-state index is 0.159. The van der Waals surface area contributed by atoms with Crippen molar-refractivity contribution in [3.8, 4) is 0 Å². The maximum Gasteiger partial charge on any atom is 0.264 e. The minimum Gasteiger partial charge on any atom is -0.263 e. The molecule has 2 aliphatic rings. The number of rotatable bonds is 4. The number of piperidine rings is 1. The normalized spacial score (nSPS) is 20.6. The Labute approximate surface area is 177 Å². The maximum absolute atomic E-state index is 13.2. The van der Waals surface area contributed by atoms with E-state index in [-0.39, 0.29) is 15.8 Å². The first-order valence-corrected chi connectivity index (χ1v) is 12.9. The summed E-state index contributed by atoms with van der Waals surface area (Å²) in [5.41, 5.74) is 1.26. The summed E-state index contributed by atoms with van der Waals surface area (Å²) in [7, 11) is -7.33. The van der Waals surface area contributed by atoms with Gasteiger partial charge in [-0.15, -0.1) is 0 Å². The van der Waals surface area contributed by atoms with E-state index in [0.717, 1.165) is 24.8 Å². The minimum atomic E-state index is -3.77. The highest BCUT2D eigenvalue weighted by Gasteiger charge is 2.37. The Balaban J connectivity index is 1.70. The Kier molecular flexibility index (Phi) is 5.40. The van der Waals surface area contributed by atoms with E-state index in [1.807, 2.05) is 6.92 Å². The van der Waals surface area contributed by atoms with Crippen LogP contribution in [0.3, 0.4) is 0 Å². The van der Waals surface area contributed by atoms with Crippen molar-refractivity contribution in [3.05, 3.63) is 53.1 Å². The van der Waals surface area contributed by atoms with Gasteiger partial charge in [0.15, 0.2) is 0 Å². The van der Waals surface area contributed by atoms with Crippen molar-refractivity contribution >= 4 is 37.3 Å². The topological polar surface area (TPSA) is 74.8 Å². The molecule has 9 heteroatoms. The van der Waals surface area contributed by atoms with Gasteiger partial charge in [0.25, 0.3) is 10.0 Å². The molecule has 0 amide bonds. The molecular formula is C20H23ClN2O4S2. The Morgan fingerprint density at radius 2 is 1.48 bits per heavy atom. The van der Waals surface area contributed by atoms with Crippen LogP contribution in [0.15, 0.2) is 52.3 Å². The van der Waals surface area contributed by atoms with E-state index in [1.54, 1.807) is 24.3 Å². The Morgan fingerprint density at radius 3 is 2.14 bits per heavy atom. The van der Waals surface area contributed by atoms with Gasteiger partial charge in [0.05, 0.1) is 15.5 Å². The summed E-state index contributed by atoms with van der Waals surface area (Å²) in [6.07, 6.45) is 3.25. The third-order valence-electron chi connectivity index (χ3n) is 5.53. The predicted molar refractivity (Wildman–Crippen MR) is 113 cm³/mol. The number of hydrogen-bond acceptors (Lipinski definition) is 4. The van der Waals surface area contributed by atoms with Gasteiger partial charge in [-0.2, -0.15) is 4.31 Å². The average molecular weight is 455 g/mol. The van der Waals surface area contributed by atoms with Gasteiger partial charge >= 0.3 is 0 Å². The quantitative estimate of drug-likeness (QED) is 0.706. The number of benzene rings is 2. The summed E-state index contributed by atoms with van der Waals surface area (Å²) in [6.45, 7) is 2.89. The second kappa shape index (κ2) is 7.58. The van der Waals surface area contributed by atoms with Gasteiger partial charge in [0.2, 0.25) is 10.0 Å². The zero-order chi connectivity index (χ0) is 20.8. The number of hydrogen-bond donors (Lipinski definition) is 0. The zero-order valence-corrected chi connectivity index (χ0v) is 18.5. The molecule has 29 heavy (non-hydrogen) atoms. The van der Waals surface area contributed by atoms with Crippen LogP contribution in [0.2, 0.25) is 5.02 Å². The second-order valence-electron chi connectivity index (χ2n) is 7.56. The van der Waals surface area contributed by atoms with Gasteiger partial charge in [-0.1, -0.05) is 18.0 Å². The number of anilines is 1. The van der Waals surface area contributed by atoms with Crippen molar-refractivity contribution in [3.63, 3.8) is 0 Å². The first-order valence-electron chi connectivity index (χ1n) is 9.64. The van der Waals surface area contributed by atoms with Crippen molar-refractivity contribution in [1.82, 2.24) is 4.31 Å². The summed E-state index contributed by atoms with van der Waals surface area (Å²) in [6, 6.07) is 10.5. The molecule has 1 saturated heterocycles. The van der Waals surface area contributed by atoms with Gasteiger partial charge in [0.1, 0.15) is 0 Å². The van der Waals surface area contributed by atoms with Crippen LogP contribution < -0.4 is 4.31 Å². The molecule has 1 fully saturated rings. The van der Waals surface area contributed by atoms with Crippen LogP contribution in [0.1, 0.15) is 31.7 Å². The van der Waals surface area contributed by atoms with Gasteiger partial charge in [-0.3, -0.25) is 4.31 Å². The van der Waals surface area contributed by atoms with E-state index < -0.39 is 20.0 Å². The number of fused-ring (bicyclic) bond motifs is 1. The molecule has 2 aliphatic heterocycles. The third kappa shape index (κ3) is 3.67. The lowest BCUT2D eigenvalue weighted by Crippen LogP contribution is -2.36. The van der Waals surface area contributed by atoms with E-state index in [1.165, 1.54) is 26.8 Å². The average Bonchev–Trinajstić information content (AvgIpc) is 3.04. The van der Waals surface area contributed by atoms with E-state index in [0.29, 0.717) is 30.2 Å². The molecule has 0 bridgehead atoms. The molecule has 2 aromatic carbocycles. The molecule has 156 valence electrons. The Morgan fingerprint density at radius 1 is 0.862 bits per heavy atom. The van der Waals surface area contributed by atoms with E-state index in [9.17, 15) is 16.8 Å². The number of sulfonamides is 2. The van der Waals surface area contributed by atoms with Crippen LogP contribution in [0.5, 0.6) is 0 Å². The monoisotopic (exact) mass is 454 g/mol. The highest BCUT2D eigenvalue weighted by atomic mass is 35.5. The lowest BCUT2D eigenvalue weighted by Gasteiger charge is -2.26. The Bertz CT molecular complexity index is 1130. The summed E-state index contributed by atoms with van der Waals surface area (Å²) < 4.78 is 55.3. The van der Waals surface area contributed by atoms with E-state index >= 15 is 0 Å². The molecule has 2 aromatic rings. The molecule has 6 nitrogen and oxygen atoms in total. The SMILES string of the molecule is C[C@@H]1Cc2cc(S(=O)(=O)N3CCCCC3)ccc2N1S(=O)(=O)c1ccc(Cl)cc1. The first kappa shape index (κ1) is 20.7. The lowest BCUT2D eigenvalue weighted by molar-refractivity contribution is 0.346. The molecule has 1 atom stereocenters. The summed E-state index contributed by atoms with van der Waals surface area (Å²) in [5.74, 6) is 0. The standard InChI is InChI=1S/C20H23ClN2O4S2/c1-15-13-16-14-19(28(24,25)22-11-3-2-4-12-22)9-10-20(16)23(15)29(26,27)18-7-5-17(21)6-8-18/h5-10,14-15H,2-4,11-13H2,1H3/t15-/m1/s1. The van der Waals surface area contributed by atoms with Crippen LogP contribution >= 0.6 is 11.6 Å². The molecule has 2 heterocycles. The molecular weight excluding hydrogens is 432 g/mol. The molecule has 0 spiro atoms. The fourth-order valence-corrected chi connectivity index (χ4v) is 7.47. The predicted octanol–water partition coefficient (Wildman–Crippen LogP) is 3.65. The zero-order valence-electron chi connectivity index (χ0n) is 16.1. The highest BCUT2D eigenvalue weighted by Crippen LogP contribution is 2.38. The molecule has 0 aromatic heterocycles. The van der Waals surface area contributed by atoms with Crippen LogP contribution in [0, 0.1) is 0 Å². The first-order chi connectivity index (χ1) is 13.7.